The molecule has 0 spiro atoms. The average molecular weight is 272 g/mol. The van der Waals surface area contributed by atoms with E-state index >= 15 is 0 Å². The minimum atomic E-state index is -0.552. The Labute approximate surface area is 109 Å². The van der Waals surface area contributed by atoms with Gasteiger partial charge < -0.3 is 21.5 Å². The van der Waals surface area contributed by atoms with Crippen LogP contribution in [-0.2, 0) is 9.53 Å². The van der Waals surface area contributed by atoms with Gasteiger partial charge in [-0.15, -0.1) is 0 Å². The van der Waals surface area contributed by atoms with Crippen LogP contribution in [0.3, 0.4) is 0 Å². The second-order valence-corrected chi connectivity index (χ2v) is 3.98. The Kier molecular flexibility index (Phi) is 5.41. The number of carbonyl (C=O) groups excluding carboxylic acids is 2. The zero-order valence-corrected chi connectivity index (χ0v) is 10.4. The van der Waals surface area contributed by atoms with Crippen molar-refractivity contribution >= 4 is 29.1 Å². The van der Waals surface area contributed by atoms with Gasteiger partial charge >= 0.3 is 0 Å². The molecule has 98 valence electrons. The van der Waals surface area contributed by atoms with Gasteiger partial charge in [-0.05, 0) is 18.2 Å². The highest BCUT2D eigenvalue weighted by Crippen LogP contribution is 2.16. The van der Waals surface area contributed by atoms with E-state index in [-0.39, 0.29) is 25.7 Å². The Balaban J connectivity index is 2.38. The molecule has 1 rings (SSSR count). The van der Waals surface area contributed by atoms with Crippen LogP contribution in [0.15, 0.2) is 18.2 Å². The number of ether oxygens (including phenoxy) is 1. The first-order valence-corrected chi connectivity index (χ1v) is 5.57. The first kappa shape index (κ1) is 14.3. The fraction of sp³-hybridized carbons (Fsp3) is 0.273. The van der Waals surface area contributed by atoms with Gasteiger partial charge in [0, 0.05) is 22.8 Å². The number of benzene rings is 1. The summed E-state index contributed by atoms with van der Waals surface area (Å²) in [4.78, 5) is 22.0. The summed E-state index contributed by atoms with van der Waals surface area (Å²) in [6.07, 6.45) is 0. The first-order valence-electron chi connectivity index (χ1n) is 5.19. The Morgan fingerprint density at radius 1 is 1.33 bits per heavy atom. The van der Waals surface area contributed by atoms with Crippen molar-refractivity contribution in [1.29, 1.82) is 0 Å². The van der Waals surface area contributed by atoms with Gasteiger partial charge in [0.05, 0.1) is 6.61 Å². The molecule has 0 aliphatic rings. The summed E-state index contributed by atoms with van der Waals surface area (Å²) in [7, 11) is 0. The largest absolute Gasteiger partial charge is 0.399 e. The van der Waals surface area contributed by atoms with Gasteiger partial charge in [-0.3, -0.25) is 9.59 Å². The molecule has 1 aromatic rings. The van der Waals surface area contributed by atoms with E-state index in [0.29, 0.717) is 16.3 Å². The van der Waals surface area contributed by atoms with Gasteiger partial charge in [0.15, 0.2) is 0 Å². The zero-order valence-electron chi connectivity index (χ0n) is 9.61. The monoisotopic (exact) mass is 271 g/mol. The minimum Gasteiger partial charge on any atom is -0.399 e. The fourth-order valence-corrected chi connectivity index (χ4v) is 1.50. The maximum Gasteiger partial charge on any atom is 0.251 e. The van der Waals surface area contributed by atoms with Gasteiger partial charge in [-0.1, -0.05) is 11.6 Å². The van der Waals surface area contributed by atoms with Crippen molar-refractivity contribution in [3.8, 4) is 0 Å². The number of primary amides is 1. The number of hydrogen-bond donors (Lipinski definition) is 3. The summed E-state index contributed by atoms with van der Waals surface area (Å²) in [6, 6.07) is 4.58. The molecule has 18 heavy (non-hydrogen) atoms. The lowest BCUT2D eigenvalue weighted by Gasteiger charge is -2.06. The number of halogens is 1. The zero-order chi connectivity index (χ0) is 13.5. The van der Waals surface area contributed by atoms with Crippen molar-refractivity contribution < 1.29 is 14.3 Å². The SMILES string of the molecule is NC(=O)COCCNC(=O)c1cc(N)cc(Cl)c1. The van der Waals surface area contributed by atoms with Crippen LogP contribution in [0, 0.1) is 0 Å². The summed E-state index contributed by atoms with van der Waals surface area (Å²) in [5.74, 6) is -0.865. The smallest absolute Gasteiger partial charge is 0.251 e. The molecule has 0 fully saturated rings. The molecule has 0 bridgehead atoms. The number of nitrogens with two attached hydrogens (primary N) is 2. The normalized spacial score (nSPS) is 10.1. The molecule has 7 heteroatoms. The van der Waals surface area contributed by atoms with E-state index in [1.807, 2.05) is 0 Å². The number of nitrogen functional groups attached to an aromatic ring is 1. The highest BCUT2D eigenvalue weighted by Gasteiger charge is 2.06. The number of anilines is 1. The highest BCUT2D eigenvalue weighted by atomic mass is 35.5. The standard InChI is InChI=1S/C11H14ClN3O3/c12-8-3-7(4-9(13)5-8)11(17)15-1-2-18-6-10(14)16/h3-5H,1-2,6,13H2,(H2,14,16)(H,15,17). The maximum atomic E-state index is 11.7. The molecular formula is C11H14ClN3O3. The molecule has 0 unspecified atom stereocenters. The van der Waals surface area contributed by atoms with E-state index in [4.69, 9.17) is 27.8 Å². The molecule has 1 aromatic carbocycles. The third-order valence-electron chi connectivity index (χ3n) is 1.96. The second kappa shape index (κ2) is 6.83. The van der Waals surface area contributed by atoms with E-state index in [1.165, 1.54) is 12.1 Å². The number of carbonyl (C=O) groups is 2. The van der Waals surface area contributed by atoms with E-state index < -0.39 is 5.91 Å². The van der Waals surface area contributed by atoms with Crippen LogP contribution in [0.25, 0.3) is 0 Å². The number of hydrogen-bond acceptors (Lipinski definition) is 4. The molecule has 0 saturated carbocycles. The van der Waals surface area contributed by atoms with E-state index in [9.17, 15) is 9.59 Å². The third-order valence-corrected chi connectivity index (χ3v) is 2.18. The topological polar surface area (TPSA) is 107 Å². The number of nitrogens with one attached hydrogen (secondary N) is 1. The lowest BCUT2D eigenvalue weighted by Crippen LogP contribution is -2.28. The van der Waals surface area contributed by atoms with Crippen LogP contribution in [0.1, 0.15) is 10.4 Å². The molecule has 0 aliphatic heterocycles. The Morgan fingerprint density at radius 3 is 2.67 bits per heavy atom. The Morgan fingerprint density at radius 2 is 2.06 bits per heavy atom. The predicted octanol–water partition coefficient (Wildman–Crippen LogP) is 0.154. The van der Waals surface area contributed by atoms with Crippen molar-refractivity contribution in [2.45, 2.75) is 0 Å². The molecule has 6 nitrogen and oxygen atoms in total. The summed E-state index contributed by atoms with van der Waals surface area (Å²) in [5, 5.41) is 2.99. The summed E-state index contributed by atoms with van der Waals surface area (Å²) in [5.41, 5.74) is 11.2. The van der Waals surface area contributed by atoms with Crippen molar-refractivity contribution in [2.24, 2.45) is 5.73 Å². The molecule has 0 radical (unpaired) electrons. The first-order chi connectivity index (χ1) is 8.49. The predicted molar refractivity (Wildman–Crippen MR) is 68.2 cm³/mol. The molecule has 0 atom stereocenters. The lowest BCUT2D eigenvalue weighted by atomic mass is 10.2. The second-order valence-electron chi connectivity index (χ2n) is 3.55. The Bertz CT molecular complexity index is 431. The summed E-state index contributed by atoms with van der Waals surface area (Å²) < 4.78 is 4.89. The van der Waals surface area contributed by atoms with E-state index in [2.05, 4.69) is 5.32 Å². The number of rotatable bonds is 6. The minimum absolute atomic E-state index is 0.167. The maximum absolute atomic E-state index is 11.7. The van der Waals surface area contributed by atoms with Crippen LogP contribution < -0.4 is 16.8 Å². The van der Waals surface area contributed by atoms with Crippen LogP contribution >= 0.6 is 11.6 Å². The van der Waals surface area contributed by atoms with Crippen molar-refractivity contribution in [3.63, 3.8) is 0 Å². The summed E-state index contributed by atoms with van der Waals surface area (Å²) in [6.45, 7) is 0.295. The number of amides is 2. The van der Waals surface area contributed by atoms with Crippen molar-refractivity contribution in [2.75, 3.05) is 25.5 Å². The fourth-order valence-electron chi connectivity index (χ4n) is 1.25. The van der Waals surface area contributed by atoms with Gasteiger partial charge in [0.2, 0.25) is 5.91 Å². The molecule has 0 aliphatic carbocycles. The van der Waals surface area contributed by atoms with E-state index in [1.54, 1.807) is 6.07 Å². The quantitative estimate of drug-likeness (QED) is 0.506. The van der Waals surface area contributed by atoms with Gasteiger partial charge in [0.1, 0.15) is 6.61 Å². The average Bonchev–Trinajstić information content (AvgIpc) is 2.26. The lowest BCUT2D eigenvalue weighted by molar-refractivity contribution is -0.122. The molecule has 0 aromatic heterocycles. The third kappa shape index (κ3) is 5.03. The van der Waals surface area contributed by atoms with Crippen LogP contribution in [-0.4, -0.2) is 31.6 Å². The molecular weight excluding hydrogens is 258 g/mol. The molecule has 0 heterocycles. The molecule has 2 amide bonds. The van der Waals surface area contributed by atoms with Crippen LogP contribution in [0.4, 0.5) is 5.69 Å². The van der Waals surface area contributed by atoms with Gasteiger partial charge in [0.25, 0.3) is 5.91 Å². The van der Waals surface area contributed by atoms with Gasteiger partial charge in [-0.25, -0.2) is 0 Å². The van der Waals surface area contributed by atoms with Gasteiger partial charge in [-0.2, -0.15) is 0 Å². The van der Waals surface area contributed by atoms with E-state index in [0.717, 1.165) is 0 Å². The highest BCUT2D eigenvalue weighted by molar-refractivity contribution is 6.31. The van der Waals surface area contributed by atoms with Crippen LogP contribution in [0.5, 0.6) is 0 Å². The molecule has 0 saturated heterocycles. The van der Waals surface area contributed by atoms with Crippen molar-refractivity contribution in [3.05, 3.63) is 28.8 Å². The Hall–Kier alpha value is -1.79. The molecule has 5 N–H and O–H groups in total. The van der Waals surface area contributed by atoms with Crippen molar-refractivity contribution in [1.82, 2.24) is 5.32 Å². The summed E-state index contributed by atoms with van der Waals surface area (Å²) >= 11 is 5.78. The van der Waals surface area contributed by atoms with Crippen LogP contribution in [0.2, 0.25) is 5.02 Å².